The Hall–Kier alpha value is -2.53. The quantitative estimate of drug-likeness (QED) is 0.602. The molecule has 0 bridgehead atoms. The number of likely N-dealkylation sites (tertiary alicyclic amines) is 1. The number of hydrogen-bond acceptors (Lipinski definition) is 4. The maximum atomic E-state index is 13.3. The molecule has 5 nitrogen and oxygen atoms in total. The van der Waals surface area contributed by atoms with Gasteiger partial charge in [-0.3, -0.25) is 9.69 Å². The molecule has 5 heteroatoms. The lowest BCUT2D eigenvalue weighted by Gasteiger charge is -2.34. The third-order valence-corrected chi connectivity index (χ3v) is 7.36. The molecule has 5 rings (SSSR count). The van der Waals surface area contributed by atoms with Crippen LogP contribution in [-0.2, 0) is 5.54 Å². The summed E-state index contributed by atoms with van der Waals surface area (Å²) < 4.78 is 11.5. The molecule has 1 aromatic rings. The highest BCUT2D eigenvalue weighted by Gasteiger charge is 2.58. The first-order chi connectivity index (χ1) is 15.0. The maximum Gasteiger partial charge on any atom is 0.255 e. The van der Waals surface area contributed by atoms with E-state index < -0.39 is 0 Å². The Balaban J connectivity index is 1.20. The fourth-order valence-electron chi connectivity index (χ4n) is 5.49. The number of fused-ring (bicyclic) bond motifs is 3. The summed E-state index contributed by atoms with van der Waals surface area (Å²) in [5, 5.41) is 0. The normalized spacial score (nSPS) is 24.5. The molecule has 1 saturated carbocycles. The highest BCUT2D eigenvalue weighted by Crippen LogP contribution is 2.58. The molecule has 1 saturated heterocycles. The van der Waals surface area contributed by atoms with E-state index in [9.17, 15) is 4.79 Å². The van der Waals surface area contributed by atoms with Crippen molar-refractivity contribution >= 4 is 5.91 Å². The van der Waals surface area contributed by atoms with Gasteiger partial charge in [0.1, 0.15) is 0 Å². The first kappa shape index (κ1) is 20.4. The fraction of sp³-hybridized carbons (Fsp3) is 0.500. The van der Waals surface area contributed by atoms with Gasteiger partial charge in [0, 0.05) is 25.6 Å². The average molecular weight is 421 g/mol. The number of amides is 1. The Morgan fingerprint density at radius 3 is 2.55 bits per heavy atom. The maximum absolute atomic E-state index is 13.3. The van der Waals surface area contributed by atoms with E-state index in [1.807, 2.05) is 31.2 Å². The predicted octanol–water partition coefficient (Wildman–Crippen LogP) is 4.65. The zero-order chi connectivity index (χ0) is 21.6. The second kappa shape index (κ2) is 7.86. The number of carbonyl (C=O) groups is 1. The monoisotopic (exact) mass is 420 g/mol. The van der Waals surface area contributed by atoms with Gasteiger partial charge in [0.25, 0.3) is 5.91 Å². The van der Waals surface area contributed by atoms with Crippen LogP contribution in [0.25, 0.3) is 0 Å². The van der Waals surface area contributed by atoms with Gasteiger partial charge < -0.3 is 14.4 Å². The van der Waals surface area contributed by atoms with Crippen molar-refractivity contribution in [2.75, 3.05) is 26.2 Å². The summed E-state index contributed by atoms with van der Waals surface area (Å²) in [5.41, 5.74) is 3.09. The summed E-state index contributed by atoms with van der Waals surface area (Å²) in [4.78, 5) is 17.9. The SMILES string of the molecule is C=C/C=C(\C=C)CN1CCC(CCN2C(=O)c3cc4c(cc3C23CC3)OC(C)O4)CC1. The Morgan fingerprint density at radius 2 is 1.90 bits per heavy atom. The molecule has 2 fully saturated rings. The van der Waals surface area contributed by atoms with Crippen molar-refractivity contribution < 1.29 is 14.3 Å². The van der Waals surface area contributed by atoms with Gasteiger partial charge in [-0.15, -0.1) is 0 Å². The highest BCUT2D eigenvalue weighted by molar-refractivity contribution is 6.01. The van der Waals surface area contributed by atoms with Crippen LogP contribution in [0.4, 0.5) is 0 Å². The molecular formula is C26H32N2O3. The summed E-state index contributed by atoms with van der Waals surface area (Å²) >= 11 is 0. The van der Waals surface area contributed by atoms with Gasteiger partial charge >= 0.3 is 0 Å². The van der Waals surface area contributed by atoms with Crippen molar-refractivity contribution in [2.45, 2.75) is 50.9 Å². The molecule has 164 valence electrons. The number of hydrogen-bond donors (Lipinski definition) is 0. The second-order valence-corrected chi connectivity index (χ2v) is 9.33. The molecule has 1 aliphatic carbocycles. The van der Waals surface area contributed by atoms with Crippen molar-refractivity contribution in [3.63, 3.8) is 0 Å². The molecular weight excluding hydrogens is 388 g/mol. The average Bonchev–Trinajstić information content (AvgIpc) is 3.43. The van der Waals surface area contributed by atoms with Crippen molar-refractivity contribution in [2.24, 2.45) is 5.92 Å². The van der Waals surface area contributed by atoms with Crippen molar-refractivity contribution in [1.82, 2.24) is 9.80 Å². The fourth-order valence-corrected chi connectivity index (χ4v) is 5.49. The molecule has 1 amide bonds. The first-order valence-electron chi connectivity index (χ1n) is 11.5. The molecule has 0 N–H and O–H groups in total. The number of nitrogens with zero attached hydrogens (tertiary/aromatic N) is 2. The number of rotatable bonds is 7. The minimum atomic E-state index is -0.278. The van der Waals surface area contributed by atoms with E-state index in [4.69, 9.17) is 9.47 Å². The van der Waals surface area contributed by atoms with E-state index in [0.29, 0.717) is 11.7 Å². The molecule has 1 spiro atoms. The number of allylic oxidation sites excluding steroid dienone is 2. The van der Waals surface area contributed by atoms with Crippen molar-refractivity contribution in [3.05, 3.63) is 60.2 Å². The van der Waals surface area contributed by atoms with Gasteiger partial charge in [-0.1, -0.05) is 31.4 Å². The van der Waals surface area contributed by atoms with Gasteiger partial charge in [0.2, 0.25) is 6.29 Å². The zero-order valence-electron chi connectivity index (χ0n) is 18.4. The third-order valence-electron chi connectivity index (χ3n) is 7.36. The number of benzene rings is 1. The summed E-state index contributed by atoms with van der Waals surface area (Å²) in [6.45, 7) is 13.6. The first-order valence-corrected chi connectivity index (χ1v) is 11.5. The Labute approximate surface area is 185 Å². The minimum Gasteiger partial charge on any atom is -0.451 e. The Kier molecular flexibility index (Phi) is 5.17. The summed E-state index contributed by atoms with van der Waals surface area (Å²) in [7, 11) is 0. The largest absolute Gasteiger partial charge is 0.451 e. The molecule has 1 aromatic carbocycles. The molecule has 4 aliphatic rings. The highest BCUT2D eigenvalue weighted by atomic mass is 16.7. The molecule has 3 heterocycles. The van der Waals surface area contributed by atoms with Gasteiger partial charge in [-0.25, -0.2) is 0 Å². The molecule has 0 radical (unpaired) electrons. The van der Waals surface area contributed by atoms with Gasteiger partial charge in [0.05, 0.1) is 5.54 Å². The lowest BCUT2D eigenvalue weighted by molar-refractivity contribution is 0.0647. The molecule has 31 heavy (non-hydrogen) atoms. The lowest BCUT2D eigenvalue weighted by Crippen LogP contribution is -2.38. The van der Waals surface area contributed by atoms with E-state index in [-0.39, 0.29) is 17.7 Å². The zero-order valence-corrected chi connectivity index (χ0v) is 18.4. The van der Waals surface area contributed by atoms with E-state index >= 15 is 0 Å². The standard InChI is InChI=1S/C26H32N2O3/c1-4-6-19(5-2)17-27-12-7-20(8-13-27)9-14-28-25(29)21-15-23-24(31-18(3)30-23)16-22(21)26(28)10-11-26/h4-6,15-16,18,20H,1-2,7-14,17H2,3H3/b19-6+. The van der Waals surface area contributed by atoms with Gasteiger partial charge in [-0.2, -0.15) is 0 Å². The van der Waals surface area contributed by atoms with E-state index in [0.717, 1.165) is 62.3 Å². The van der Waals surface area contributed by atoms with Crippen LogP contribution in [-0.4, -0.2) is 48.2 Å². The Morgan fingerprint density at radius 1 is 1.19 bits per heavy atom. The third kappa shape index (κ3) is 3.59. The summed E-state index contributed by atoms with van der Waals surface area (Å²) in [6, 6.07) is 3.97. The van der Waals surface area contributed by atoms with Crippen LogP contribution < -0.4 is 9.47 Å². The van der Waals surface area contributed by atoms with Crippen molar-refractivity contribution in [1.29, 1.82) is 0 Å². The topological polar surface area (TPSA) is 42.0 Å². The van der Waals surface area contributed by atoms with Crippen LogP contribution in [0.2, 0.25) is 0 Å². The van der Waals surface area contributed by atoms with Crippen LogP contribution in [0.1, 0.15) is 54.9 Å². The van der Waals surface area contributed by atoms with Crippen molar-refractivity contribution in [3.8, 4) is 11.5 Å². The van der Waals surface area contributed by atoms with Crippen LogP contribution in [0.3, 0.4) is 0 Å². The Bertz CT molecular complexity index is 938. The van der Waals surface area contributed by atoms with Gasteiger partial charge in [-0.05, 0) is 74.4 Å². The predicted molar refractivity (Wildman–Crippen MR) is 121 cm³/mol. The molecule has 1 atom stereocenters. The number of piperidine rings is 1. The number of ether oxygens (including phenoxy) is 2. The van der Waals surface area contributed by atoms with E-state index in [1.54, 1.807) is 0 Å². The van der Waals surface area contributed by atoms with Crippen LogP contribution >= 0.6 is 0 Å². The van der Waals surface area contributed by atoms with Crippen LogP contribution in [0.15, 0.2) is 49.1 Å². The summed E-state index contributed by atoms with van der Waals surface area (Å²) in [6.07, 6.45) is 11.1. The molecule has 0 aromatic heterocycles. The van der Waals surface area contributed by atoms with Crippen LogP contribution in [0, 0.1) is 5.92 Å². The second-order valence-electron chi connectivity index (χ2n) is 9.33. The summed E-state index contributed by atoms with van der Waals surface area (Å²) in [5.74, 6) is 2.33. The number of carbonyl (C=O) groups excluding carboxylic acids is 1. The molecule has 3 aliphatic heterocycles. The lowest BCUT2D eigenvalue weighted by atomic mass is 9.92. The van der Waals surface area contributed by atoms with Crippen LogP contribution in [0.5, 0.6) is 11.5 Å². The van der Waals surface area contributed by atoms with Gasteiger partial charge in [0.15, 0.2) is 11.5 Å². The van der Waals surface area contributed by atoms with E-state index in [1.165, 1.54) is 18.4 Å². The molecule has 1 unspecified atom stereocenters. The van der Waals surface area contributed by atoms with E-state index in [2.05, 4.69) is 29.0 Å². The minimum absolute atomic E-state index is 0.0916. The smallest absolute Gasteiger partial charge is 0.255 e.